The van der Waals surface area contributed by atoms with Crippen LogP contribution in [0.5, 0.6) is 0 Å². The Hall–Kier alpha value is -3.00. The standard InChI is InChI=1S/C28H36N6O3S/c29-12-13-30-26(36)28(10-2-1-3-11-28)32-25(35)22-6-4-21(5-7-22)24-20-38-27(31-24)34-14-8-23(9-15-34)33-16-18-37-19-17-33/h4-7,20,23H,1-3,8-11,13-19H2,(H,30,36)(H,32,35). The van der Waals surface area contributed by atoms with Crippen molar-refractivity contribution in [3.05, 3.63) is 35.2 Å². The van der Waals surface area contributed by atoms with Gasteiger partial charge in [-0.2, -0.15) is 5.26 Å². The molecular formula is C28H36N6O3S. The number of hydrogen-bond donors (Lipinski definition) is 2. The topological polar surface area (TPSA) is 111 Å². The van der Waals surface area contributed by atoms with Crippen molar-refractivity contribution in [3.63, 3.8) is 0 Å². The van der Waals surface area contributed by atoms with E-state index < -0.39 is 5.54 Å². The number of rotatable bonds is 7. The predicted octanol–water partition coefficient (Wildman–Crippen LogP) is 3.18. The van der Waals surface area contributed by atoms with Gasteiger partial charge in [0.25, 0.3) is 5.91 Å². The van der Waals surface area contributed by atoms with Crippen LogP contribution in [0.2, 0.25) is 0 Å². The summed E-state index contributed by atoms with van der Waals surface area (Å²) in [7, 11) is 0. The molecule has 10 heteroatoms. The number of thiazole rings is 1. The zero-order valence-electron chi connectivity index (χ0n) is 21.8. The molecule has 0 unspecified atom stereocenters. The molecule has 3 aliphatic rings. The second-order valence-corrected chi connectivity index (χ2v) is 11.2. The lowest BCUT2D eigenvalue weighted by Gasteiger charge is -2.40. The Morgan fingerprint density at radius 3 is 2.47 bits per heavy atom. The van der Waals surface area contributed by atoms with Crippen LogP contribution in [0.4, 0.5) is 5.13 Å². The highest BCUT2D eigenvalue weighted by molar-refractivity contribution is 7.14. The Bertz CT molecular complexity index is 1140. The monoisotopic (exact) mass is 536 g/mol. The number of piperidine rings is 1. The molecule has 3 heterocycles. The van der Waals surface area contributed by atoms with Crippen LogP contribution in [0.15, 0.2) is 29.6 Å². The van der Waals surface area contributed by atoms with Gasteiger partial charge in [-0.3, -0.25) is 14.5 Å². The van der Waals surface area contributed by atoms with E-state index in [-0.39, 0.29) is 18.4 Å². The van der Waals surface area contributed by atoms with E-state index in [1.165, 1.54) is 0 Å². The lowest BCUT2D eigenvalue weighted by atomic mass is 9.80. The molecule has 2 aliphatic heterocycles. The van der Waals surface area contributed by atoms with Gasteiger partial charge >= 0.3 is 0 Å². The molecular weight excluding hydrogens is 500 g/mol. The van der Waals surface area contributed by atoms with E-state index in [9.17, 15) is 9.59 Å². The molecule has 2 saturated heterocycles. The number of hydrogen-bond acceptors (Lipinski definition) is 8. The molecule has 1 aromatic heterocycles. The summed E-state index contributed by atoms with van der Waals surface area (Å²) in [6.07, 6.45) is 6.24. The van der Waals surface area contributed by atoms with Crippen LogP contribution in [-0.4, -0.2) is 79.2 Å². The van der Waals surface area contributed by atoms with Gasteiger partial charge < -0.3 is 20.3 Å². The fraction of sp³-hybridized carbons (Fsp3) is 0.571. The zero-order chi connectivity index (χ0) is 26.4. The number of morpholine rings is 1. The van der Waals surface area contributed by atoms with Gasteiger partial charge in [0, 0.05) is 48.7 Å². The number of amides is 2. The Labute approximate surface area is 228 Å². The van der Waals surface area contributed by atoms with E-state index in [0.29, 0.717) is 24.4 Å². The quantitative estimate of drug-likeness (QED) is 0.523. The number of nitrogens with zero attached hydrogens (tertiary/aromatic N) is 4. The van der Waals surface area contributed by atoms with Crippen LogP contribution in [0.25, 0.3) is 11.3 Å². The molecule has 1 saturated carbocycles. The van der Waals surface area contributed by atoms with Gasteiger partial charge in [0.1, 0.15) is 12.1 Å². The maximum Gasteiger partial charge on any atom is 0.252 e. The first-order valence-electron chi connectivity index (χ1n) is 13.7. The molecule has 2 amide bonds. The van der Waals surface area contributed by atoms with E-state index >= 15 is 0 Å². The summed E-state index contributed by atoms with van der Waals surface area (Å²) in [6.45, 7) is 5.72. The summed E-state index contributed by atoms with van der Waals surface area (Å²) in [5, 5.41) is 17.6. The van der Waals surface area contributed by atoms with E-state index in [2.05, 4.69) is 25.8 Å². The summed E-state index contributed by atoms with van der Waals surface area (Å²) < 4.78 is 5.50. The highest BCUT2D eigenvalue weighted by atomic mass is 32.1. The minimum absolute atomic E-state index is 0.0628. The van der Waals surface area contributed by atoms with Crippen molar-refractivity contribution in [2.75, 3.05) is 50.8 Å². The number of aromatic nitrogens is 1. The number of nitrogens with one attached hydrogen (secondary N) is 2. The fourth-order valence-electron chi connectivity index (χ4n) is 5.84. The molecule has 0 spiro atoms. The van der Waals surface area contributed by atoms with Crippen LogP contribution < -0.4 is 15.5 Å². The molecule has 38 heavy (non-hydrogen) atoms. The summed E-state index contributed by atoms with van der Waals surface area (Å²) in [5.74, 6) is -0.541. The van der Waals surface area contributed by atoms with Crippen LogP contribution in [0, 0.1) is 11.3 Å². The highest BCUT2D eigenvalue weighted by Gasteiger charge is 2.40. The van der Waals surface area contributed by atoms with Gasteiger partial charge in [0.2, 0.25) is 5.91 Å². The van der Waals surface area contributed by atoms with Gasteiger partial charge in [-0.15, -0.1) is 11.3 Å². The molecule has 2 aromatic rings. The van der Waals surface area contributed by atoms with Crippen molar-refractivity contribution in [3.8, 4) is 17.3 Å². The molecule has 0 atom stereocenters. The summed E-state index contributed by atoms with van der Waals surface area (Å²) in [5.41, 5.74) is 1.43. The third-order valence-corrected chi connectivity index (χ3v) is 8.96. The maximum atomic E-state index is 13.1. The molecule has 2 N–H and O–H groups in total. The van der Waals surface area contributed by atoms with Gasteiger partial charge in [-0.05, 0) is 37.8 Å². The van der Waals surface area contributed by atoms with Gasteiger partial charge in [-0.1, -0.05) is 31.4 Å². The molecule has 0 radical (unpaired) electrons. The van der Waals surface area contributed by atoms with Crippen molar-refractivity contribution >= 4 is 28.3 Å². The van der Waals surface area contributed by atoms with Gasteiger partial charge in [0.05, 0.1) is 25.0 Å². The first-order valence-corrected chi connectivity index (χ1v) is 14.6. The van der Waals surface area contributed by atoms with Crippen molar-refractivity contribution in [1.82, 2.24) is 20.5 Å². The second kappa shape index (κ2) is 12.2. The van der Waals surface area contributed by atoms with Crippen molar-refractivity contribution in [2.24, 2.45) is 0 Å². The average molecular weight is 537 g/mol. The first kappa shape index (κ1) is 26.6. The van der Waals surface area contributed by atoms with Crippen LogP contribution >= 0.6 is 11.3 Å². The predicted molar refractivity (Wildman–Crippen MR) is 147 cm³/mol. The van der Waals surface area contributed by atoms with Crippen molar-refractivity contribution < 1.29 is 14.3 Å². The SMILES string of the molecule is N#CCNC(=O)C1(NC(=O)c2ccc(-c3csc(N4CCC(N5CCOCC5)CC4)n3)cc2)CCCCC1. The molecule has 5 rings (SSSR count). The van der Waals surface area contributed by atoms with Crippen LogP contribution in [0.1, 0.15) is 55.3 Å². The molecule has 1 aromatic carbocycles. The lowest BCUT2D eigenvalue weighted by Crippen LogP contribution is -2.59. The number of carbonyl (C=O) groups is 2. The number of ether oxygens (including phenoxy) is 1. The third kappa shape index (κ3) is 6.01. The van der Waals surface area contributed by atoms with Crippen molar-refractivity contribution in [1.29, 1.82) is 5.26 Å². The lowest BCUT2D eigenvalue weighted by molar-refractivity contribution is -0.128. The number of benzene rings is 1. The normalized spacial score (nSPS) is 20.4. The Kier molecular flexibility index (Phi) is 8.57. The second-order valence-electron chi connectivity index (χ2n) is 10.4. The number of anilines is 1. The molecule has 202 valence electrons. The number of carbonyl (C=O) groups excluding carboxylic acids is 2. The Morgan fingerprint density at radius 2 is 1.79 bits per heavy atom. The molecule has 9 nitrogen and oxygen atoms in total. The third-order valence-electron chi connectivity index (χ3n) is 8.05. The molecule has 1 aliphatic carbocycles. The summed E-state index contributed by atoms with van der Waals surface area (Å²) >= 11 is 1.67. The van der Waals surface area contributed by atoms with E-state index in [1.807, 2.05) is 18.2 Å². The van der Waals surface area contributed by atoms with Gasteiger partial charge in [0.15, 0.2) is 5.13 Å². The molecule has 3 fully saturated rings. The smallest absolute Gasteiger partial charge is 0.252 e. The Balaban J connectivity index is 1.19. The van der Waals surface area contributed by atoms with Crippen LogP contribution in [0.3, 0.4) is 0 Å². The average Bonchev–Trinajstić information content (AvgIpc) is 3.47. The Morgan fingerprint density at radius 1 is 1.08 bits per heavy atom. The maximum absolute atomic E-state index is 13.1. The van der Waals surface area contributed by atoms with Crippen LogP contribution in [-0.2, 0) is 9.53 Å². The van der Waals surface area contributed by atoms with Crippen molar-refractivity contribution in [2.45, 2.75) is 56.5 Å². The summed E-state index contributed by atoms with van der Waals surface area (Å²) in [4.78, 5) is 35.8. The minimum Gasteiger partial charge on any atom is -0.379 e. The largest absolute Gasteiger partial charge is 0.379 e. The van der Waals surface area contributed by atoms with E-state index in [0.717, 1.165) is 87.9 Å². The van der Waals surface area contributed by atoms with Gasteiger partial charge in [-0.25, -0.2) is 4.98 Å². The molecule has 0 bridgehead atoms. The minimum atomic E-state index is -0.954. The first-order chi connectivity index (χ1) is 18.6. The fourth-order valence-corrected chi connectivity index (χ4v) is 6.73. The summed E-state index contributed by atoms with van der Waals surface area (Å²) in [6, 6.07) is 10.0. The van der Waals surface area contributed by atoms with E-state index in [4.69, 9.17) is 15.0 Å². The highest BCUT2D eigenvalue weighted by Crippen LogP contribution is 2.31. The van der Waals surface area contributed by atoms with E-state index in [1.54, 1.807) is 23.5 Å². The zero-order valence-corrected chi connectivity index (χ0v) is 22.6. The number of nitriles is 1.